The molecule has 0 radical (unpaired) electrons. The van der Waals surface area contributed by atoms with Crippen molar-refractivity contribution in [3.8, 4) is 0 Å². The first-order valence-electron chi connectivity index (χ1n) is 5.43. The summed E-state index contributed by atoms with van der Waals surface area (Å²) in [5, 5.41) is 8.87. The van der Waals surface area contributed by atoms with Gasteiger partial charge in [0.25, 0.3) is 0 Å². The lowest BCUT2D eigenvalue weighted by Gasteiger charge is -2.38. The van der Waals surface area contributed by atoms with Crippen molar-refractivity contribution in [3.63, 3.8) is 0 Å². The molecule has 1 N–H and O–H groups in total. The molecule has 106 valence electrons. The van der Waals surface area contributed by atoms with Crippen molar-refractivity contribution >= 4 is 42.0 Å². The van der Waals surface area contributed by atoms with Gasteiger partial charge >= 0.3 is 5.97 Å². The van der Waals surface area contributed by atoms with Crippen molar-refractivity contribution in [1.29, 1.82) is 0 Å². The molecule has 0 aliphatic heterocycles. The zero-order chi connectivity index (χ0) is 14.6. The topological polar surface area (TPSA) is 72.8 Å². The van der Waals surface area contributed by atoms with Crippen molar-refractivity contribution in [3.05, 3.63) is 0 Å². The highest BCUT2D eigenvalue weighted by molar-refractivity contribution is 8.12. The van der Waals surface area contributed by atoms with Gasteiger partial charge in [0, 0.05) is 14.2 Å². The molecular formula is C10H19O5PS2. The maximum absolute atomic E-state index is 11.8. The van der Waals surface area contributed by atoms with Crippen LogP contribution in [0.15, 0.2) is 0 Å². The molecule has 0 amide bonds. The second-order valence-electron chi connectivity index (χ2n) is 3.81. The lowest BCUT2D eigenvalue weighted by molar-refractivity contribution is -0.151. The van der Waals surface area contributed by atoms with Gasteiger partial charge in [-0.1, -0.05) is 13.8 Å². The predicted molar refractivity (Wildman–Crippen MR) is 76.7 cm³/mol. The van der Waals surface area contributed by atoms with Crippen molar-refractivity contribution in [2.45, 2.75) is 32.3 Å². The Morgan fingerprint density at radius 1 is 1.33 bits per heavy atom. The first kappa shape index (κ1) is 18.1. The van der Waals surface area contributed by atoms with E-state index in [-0.39, 0.29) is 12.8 Å². The average Bonchev–Trinajstić information content (AvgIpc) is 2.34. The Bertz CT molecular complexity index is 359. The number of thiol groups is 1. The second-order valence-corrected chi connectivity index (χ2v) is 8.11. The minimum atomic E-state index is -3.03. The summed E-state index contributed by atoms with van der Waals surface area (Å²) in [6.45, 7) is 0.372. The van der Waals surface area contributed by atoms with E-state index in [4.69, 9.17) is 20.9 Å². The van der Waals surface area contributed by atoms with E-state index in [0.29, 0.717) is 0 Å². The Labute approximate surface area is 118 Å². The van der Waals surface area contributed by atoms with Gasteiger partial charge in [-0.15, -0.1) is 12.6 Å². The van der Waals surface area contributed by atoms with Crippen LogP contribution in [0.2, 0.25) is 0 Å². The largest absolute Gasteiger partial charge is 0.481 e. The highest BCUT2D eigenvalue weighted by Crippen LogP contribution is 2.60. The van der Waals surface area contributed by atoms with E-state index < -0.39 is 28.7 Å². The lowest BCUT2D eigenvalue weighted by Crippen LogP contribution is -2.45. The normalized spacial score (nSPS) is 14.3. The number of carboxylic acids is 1. The number of carbonyl (C=O) groups excluding carboxylic acids is 1. The Balaban J connectivity index is 5.95. The van der Waals surface area contributed by atoms with Gasteiger partial charge in [0.1, 0.15) is 5.66 Å². The van der Waals surface area contributed by atoms with Crippen molar-refractivity contribution < 1.29 is 23.7 Å². The highest BCUT2D eigenvalue weighted by Gasteiger charge is 2.53. The molecule has 0 spiro atoms. The molecule has 0 saturated heterocycles. The smallest absolute Gasteiger partial charge is 0.310 e. The number of hydrogen-bond donors (Lipinski definition) is 2. The van der Waals surface area contributed by atoms with Gasteiger partial charge in [-0.05, 0) is 24.6 Å². The molecule has 18 heavy (non-hydrogen) atoms. The SMILES string of the molecule is CCC(CC)(C(=O)O)C(C(=O)S)P(=S)(OC)OC. The summed E-state index contributed by atoms with van der Waals surface area (Å²) < 4.78 is 10.3. The fourth-order valence-electron chi connectivity index (χ4n) is 2.02. The molecule has 0 heterocycles. The van der Waals surface area contributed by atoms with Crippen molar-refractivity contribution in [1.82, 2.24) is 0 Å². The zero-order valence-electron chi connectivity index (χ0n) is 10.9. The molecule has 0 fully saturated rings. The summed E-state index contributed by atoms with van der Waals surface area (Å²) in [5.74, 6) is -1.08. The second kappa shape index (κ2) is 7.01. The number of carbonyl (C=O) groups is 2. The summed E-state index contributed by atoms with van der Waals surface area (Å²) in [5.41, 5.74) is -2.37. The summed E-state index contributed by atoms with van der Waals surface area (Å²) in [6, 6.07) is 0. The van der Waals surface area contributed by atoms with Gasteiger partial charge in [0.2, 0.25) is 6.49 Å². The summed E-state index contributed by atoms with van der Waals surface area (Å²) in [7, 11) is 2.65. The molecule has 0 saturated carbocycles. The number of carboxylic acid groups (broad SMARTS) is 1. The van der Waals surface area contributed by atoms with E-state index in [9.17, 15) is 14.7 Å². The van der Waals surface area contributed by atoms with Crippen LogP contribution in [0.5, 0.6) is 0 Å². The maximum Gasteiger partial charge on any atom is 0.310 e. The fourth-order valence-corrected chi connectivity index (χ4v) is 5.77. The quantitative estimate of drug-likeness (QED) is 0.529. The van der Waals surface area contributed by atoms with Gasteiger partial charge in [-0.3, -0.25) is 9.59 Å². The number of rotatable bonds is 8. The van der Waals surface area contributed by atoms with Gasteiger partial charge in [-0.25, -0.2) is 0 Å². The molecule has 0 rings (SSSR count). The molecule has 0 aliphatic rings. The van der Waals surface area contributed by atoms with Crippen LogP contribution in [0.25, 0.3) is 0 Å². The highest BCUT2D eigenvalue weighted by atomic mass is 32.5. The zero-order valence-corrected chi connectivity index (χ0v) is 13.5. The van der Waals surface area contributed by atoms with Gasteiger partial charge in [0.15, 0.2) is 5.12 Å². The van der Waals surface area contributed by atoms with E-state index >= 15 is 0 Å². The van der Waals surface area contributed by atoms with Crippen LogP contribution in [-0.2, 0) is 30.4 Å². The summed E-state index contributed by atoms with van der Waals surface area (Å²) in [6.07, 6.45) is 0.502. The standard InChI is InChI=1S/C10H19O5PS2/c1-5-10(6-2,9(12)13)7(8(11)17)16(18,14-3)15-4/h7H,5-6H2,1-4H3,(H,11,17)(H,12,13). The maximum atomic E-state index is 11.8. The minimum absolute atomic E-state index is 0.251. The molecule has 0 aromatic heterocycles. The van der Waals surface area contributed by atoms with Crippen LogP contribution in [0.4, 0.5) is 0 Å². The van der Waals surface area contributed by atoms with Crippen molar-refractivity contribution in [2.75, 3.05) is 14.2 Å². The van der Waals surface area contributed by atoms with E-state index in [1.54, 1.807) is 13.8 Å². The lowest BCUT2D eigenvalue weighted by atomic mass is 9.79. The summed E-state index contributed by atoms with van der Waals surface area (Å²) >= 11 is 9.02. The number of hydrogen-bond acceptors (Lipinski definition) is 5. The third-order valence-electron chi connectivity index (χ3n) is 3.27. The monoisotopic (exact) mass is 314 g/mol. The summed E-state index contributed by atoms with van der Waals surface area (Å²) in [4.78, 5) is 23.4. The van der Waals surface area contributed by atoms with Crippen LogP contribution < -0.4 is 0 Å². The predicted octanol–water partition coefficient (Wildman–Crippen LogP) is 2.30. The fraction of sp³-hybridized carbons (Fsp3) is 0.800. The van der Waals surface area contributed by atoms with Gasteiger partial charge in [0.05, 0.1) is 5.41 Å². The van der Waals surface area contributed by atoms with E-state index in [1.165, 1.54) is 14.2 Å². The van der Waals surface area contributed by atoms with Gasteiger partial charge in [-0.2, -0.15) is 0 Å². The van der Waals surface area contributed by atoms with E-state index in [2.05, 4.69) is 12.6 Å². The van der Waals surface area contributed by atoms with Crippen LogP contribution in [0.3, 0.4) is 0 Å². The minimum Gasteiger partial charge on any atom is -0.481 e. The molecule has 1 unspecified atom stereocenters. The Morgan fingerprint density at radius 2 is 1.72 bits per heavy atom. The molecule has 0 aromatic carbocycles. The molecule has 1 atom stereocenters. The van der Waals surface area contributed by atoms with Crippen LogP contribution in [0.1, 0.15) is 26.7 Å². The van der Waals surface area contributed by atoms with Crippen LogP contribution in [0, 0.1) is 5.41 Å². The van der Waals surface area contributed by atoms with Crippen LogP contribution in [-0.4, -0.2) is 36.1 Å². The van der Waals surface area contributed by atoms with E-state index in [1.807, 2.05) is 0 Å². The Morgan fingerprint density at radius 3 is 1.89 bits per heavy atom. The van der Waals surface area contributed by atoms with Gasteiger partial charge < -0.3 is 14.2 Å². The van der Waals surface area contributed by atoms with E-state index in [0.717, 1.165) is 0 Å². The molecule has 0 bridgehead atoms. The molecule has 0 aromatic rings. The Hall–Kier alpha value is 0.0600. The molecule has 0 aliphatic carbocycles. The third-order valence-corrected chi connectivity index (χ3v) is 7.64. The number of aliphatic carboxylic acids is 1. The van der Waals surface area contributed by atoms with Crippen LogP contribution >= 0.6 is 19.1 Å². The Kier molecular flexibility index (Phi) is 7.03. The molecule has 8 heteroatoms. The first-order chi connectivity index (χ1) is 8.25. The third kappa shape index (κ3) is 3.14. The molecular weight excluding hydrogens is 295 g/mol. The molecule has 5 nitrogen and oxygen atoms in total. The average molecular weight is 314 g/mol. The first-order valence-corrected chi connectivity index (χ1v) is 8.58. The van der Waals surface area contributed by atoms with Crippen molar-refractivity contribution in [2.24, 2.45) is 5.41 Å².